The van der Waals surface area contributed by atoms with Crippen LogP contribution in [0, 0.1) is 5.41 Å². The van der Waals surface area contributed by atoms with Gasteiger partial charge in [0, 0.05) is 23.9 Å². The average molecular weight is 239 g/mol. The fourth-order valence-electron chi connectivity index (χ4n) is 2.77. The van der Waals surface area contributed by atoms with Gasteiger partial charge in [-0.3, -0.25) is 0 Å². The van der Waals surface area contributed by atoms with Gasteiger partial charge in [-0.2, -0.15) is 0 Å². The van der Waals surface area contributed by atoms with Crippen LogP contribution in [0.25, 0.3) is 0 Å². The second kappa shape index (κ2) is 3.16. The first-order valence-corrected chi connectivity index (χ1v) is 7.13. The van der Waals surface area contributed by atoms with E-state index in [2.05, 4.69) is 15.3 Å². The van der Waals surface area contributed by atoms with E-state index in [1.165, 1.54) is 0 Å². The number of anilines is 1. The molecule has 5 nitrogen and oxygen atoms in total. The highest BCUT2D eigenvalue weighted by molar-refractivity contribution is 7.92. The quantitative estimate of drug-likeness (QED) is 0.812. The lowest BCUT2D eigenvalue weighted by Crippen LogP contribution is -2.60. The van der Waals surface area contributed by atoms with Gasteiger partial charge in [0.05, 0.1) is 11.5 Å². The number of nitrogens with one attached hydrogen (secondary N) is 1. The highest BCUT2D eigenvalue weighted by atomic mass is 32.2. The van der Waals surface area contributed by atoms with Crippen LogP contribution in [-0.4, -0.2) is 35.9 Å². The molecule has 2 heterocycles. The van der Waals surface area contributed by atoms with Crippen LogP contribution in [0.15, 0.2) is 18.5 Å². The molecule has 0 aromatic carbocycles. The fourth-order valence-corrected chi connectivity index (χ4v) is 5.02. The van der Waals surface area contributed by atoms with E-state index < -0.39 is 9.84 Å². The Kier molecular flexibility index (Phi) is 1.98. The summed E-state index contributed by atoms with van der Waals surface area (Å²) >= 11 is 0. The molecule has 1 aliphatic carbocycles. The highest BCUT2D eigenvalue weighted by Crippen LogP contribution is 2.50. The molecule has 1 aromatic heterocycles. The monoisotopic (exact) mass is 239 g/mol. The second-order valence-corrected chi connectivity index (χ2v) is 6.92. The van der Waals surface area contributed by atoms with Crippen LogP contribution in [0.5, 0.6) is 0 Å². The van der Waals surface area contributed by atoms with Crippen LogP contribution in [0.2, 0.25) is 0 Å². The Labute approximate surface area is 94.2 Å². The molecule has 2 aliphatic rings. The molecule has 0 radical (unpaired) electrons. The number of rotatable bonds is 2. The third-order valence-corrected chi connectivity index (χ3v) is 5.41. The summed E-state index contributed by atoms with van der Waals surface area (Å²) in [5.74, 6) is 1.37. The topological polar surface area (TPSA) is 72.0 Å². The fraction of sp³-hybridized carbons (Fsp3) is 0.600. The van der Waals surface area contributed by atoms with Crippen molar-refractivity contribution in [3.05, 3.63) is 18.5 Å². The van der Waals surface area contributed by atoms with Crippen molar-refractivity contribution in [2.45, 2.75) is 18.9 Å². The van der Waals surface area contributed by atoms with Crippen molar-refractivity contribution >= 4 is 15.8 Å². The van der Waals surface area contributed by atoms with E-state index in [0.717, 1.165) is 12.8 Å². The van der Waals surface area contributed by atoms with Gasteiger partial charge in [0.25, 0.3) is 0 Å². The second-order valence-electron chi connectivity index (χ2n) is 4.85. The lowest BCUT2D eigenvalue weighted by molar-refractivity contribution is 0.153. The summed E-state index contributed by atoms with van der Waals surface area (Å²) in [6.07, 6.45) is 5.23. The number of sulfone groups is 1. The van der Waals surface area contributed by atoms with Crippen molar-refractivity contribution in [3.63, 3.8) is 0 Å². The molecule has 1 spiro atoms. The number of nitrogens with zero attached hydrogens (tertiary/aromatic N) is 2. The molecule has 1 N–H and O–H groups in total. The summed E-state index contributed by atoms with van der Waals surface area (Å²) < 4.78 is 22.2. The van der Waals surface area contributed by atoms with Gasteiger partial charge in [-0.25, -0.2) is 18.4 Å². The Balaban J connectivity index is 1.56. The van der Waals surface area contributed by atoms with Crippen molar-refractivity contribution < 1.29 is 8.42 Å². The van der Waals surface area contributed by atoms with Crippen LogP contribution in [0.1, 0.15) is 12.8 Å². The van der Waals surface area contributed by atoms with Gasteiger partial charge in [-0.1, -0.05) is 0 Å². The zero-order valence-corrected chi connectivity index (χ0v) is 9.57. The molecule has 86 valence electrons. The molecule has 0 unspecified atom stereocenters. The van der Waals surface area contributed by atoms with E-state index in [4.69, 9.17) is 0 Å². The minimum atomic E-state index is -2.71. The first kappa shape index (κ1) is 10.0. The van der Waals surface area contributed by atoms with E-state index >= 15 is 0 Å². The van der Waals surface area contributed by atoms with E-state index in [1.54, 1.807) is 18.5 Å². The van der Waals surface area contributed by atoms with E-state index in [1.807, 2.05) is 0 Å². The Morgan fingerprint density at radius 2 is 1.88 bits per heavy atom. The maximum atomic E-state index is 11.1. The molecule has 2 fully saturated rings. The Hall–Kier alpha value is -1.17. The van der Waals surface area contributed by atoms with Gasteiger partial charge < -0.3 is 5.32 Å². The summed E-state index contributed by atoms with van der Waals surface area (Å²) in [5, 5.41) is 3.21. The molecule has 1 saturated heterocycles. The number of hydrogen-bond donors (Lipinski definition) is 1. The molecule has 1 aliphatic heterocycles. The molecule has 16 heavy (non-hydrogen) atoms. The lowest BCUT2D eigenvalue weighted by atomic mass is 9.67. The smallest absolute Gasteiger partial charge is 0.222 e. The summed E-state index contributed by atoms with van der Waals surface area (Å²) in [7, 11) is -2.71. The molecule has 0 amide bonds. The van der Waals surface area contributed by atoms with Crippen LogP contribution >= 0.6 is 0 Å². The summed E-state index contributed by atoms with van der Waals surface area (Å²) in [4.78, 5) is 8.16. The van der Waals surface area contributed by atoms with Gasteiger partial charge in [0.2, 0.25) is 5.95 Å². The third-order valence-electron chi connectivity index (χ3n) is 3.31. The summed E-state index contributed by atoms with van der Waals surface area (Å²) in [6, 6.07) is 2.10. The Morgan fingerprint density at radius 3 is 2.44 bits per heavy atom. The van der Waals surface area contributed by atoms with Crippen LogP contribution in [-0.2, 0) is 9.84 Å². The summed E-state index contributed by atoms with van der Waals surface area (Å²) in [6.45, 7) is 0. The molecule has 3 rings (SSSR count). The van der Waals surface area contributed by atoms with Crippen molar-refractivity contribution in [1.82, 2.24) is 9.97 Å². The van der Waals surface area contributed by atoms with Gasteiger partial charge >= 0.3 is 0 Å². The molecule has 6 heteroatoms. The average Bonchev–Trinajstić information content (AvgIpc) is 2.14. The Bertz CT molecular complexity index is 480. The van der Waals surface area contributed by atoms with Crippen molar-refractivity contribution in [2.24, 2.45) is 5.41 Å². The minimum Gasteiger partial charge on any atom is -0.351 e. The van der Waals surface area contributed by atoms with Crippen molar-refractivity contribution in [1.29, 1.82) is 0 Å². The number of hydrogen-bond acceptors (Lipinski definition) is 5. The molecule has 0 bridgehead atoms. The Morgan fingerprint density at radius 1 is 1.25 bits per heavy atom. The van der Waals surface area contributed by atoms with Crippen LogP contribution < -0.4 is 5.32 Å². The van der Waals surface area contributed by atoms with Gasteiger partial charge in [-0.15, -0.1) is 0 Å². The zero-order chi connectivity index (χ0) is 11.2. The van der Waals surface area contributed by atoms with E-state index in [9.17, 15) is 8.42 Å². The first-order valence-electron chi connectivity index (χ1n) is 5.31. The number of aromatic nitrogens is 2. The summed E-state index contributed by atoms with van der Waals surface area (Å²) in [5.41, 5.74) is 0.0747. The lowest BCUT2D eigenvalue weighted by Gasteiger charge is -2.53. The third kappa shape index (κ3) is 1.67. The molecule has 1 saturated carbocycles. The van der Waals surface area contributed by atoms with Gasteiger partial charge in [0.15, 0.2) is 9.84 Å². The predicted molar refractivity (Wildman–Crippen MR) is 59.8 cm³/mol. The maximum absolute atomic E-state index is 11.1. The SMILES string of the molecule is O=S1(=O)CC2(CC(Nc3ncccn3)C2)C1. The van der Waals surface area contributed by atoms with Crippen molar-refractivity contribution in [2.75, 3.05) is 16.8 Å². The van der Waals surface area contributed by atoms with E-state index in [0.29, 0.717) is 23.5 Å². The molecular formula is C10H13N3O2S. The van der Waals surface area contributed by atoms with Crippen LogP contribution in [0.4, 0.5) is 5.95 Å². The first-order chi connectivity index (χ1) is 7.57. The van der Waals surface area contributed by atoms with Crippen molar-refractivity contribution in [3.8, 4) is 0 Å². The van der Waals surface area contributed by atoms with Crippen LogP contribution in [0.3, 0.4) is 0 Å². The predicted octanol–water partition coefficient (Wildman–Crippen LogP) is 0.466. The maximum Gasteiger partial charge on any atom is 0.222 e. The van der Waals surface area contributed by atoms with Gasteiger partial charge in [0.1, 0.15) is 0 Å². The normalized spacial score (nSPS) is 25.8. The van der Waals surface area contributed by atoms with Gasteiger partial charge in [-0.05, 0) is 18.9 Å². The van der Waals surface area contributed by atoms with E-state index in [-0.39, 0.29) is 5.41 Å². The minimum absolute atomic E-state index is 0.0747. The molecule has 1 aromatic rings. The zero-order valence-electron chi connectivity index (χ0n) is 8.76. The largest absolute Gasteiger partial charge is 0.351 e. The standard InChI is InChI=1S/C10H13N3O2S/c14-16(15)6-10(7-16)4-8(5-10)13-9-11-2-1-3-12-9/h1-3,8H,4-7H2,(H,11,12,13). The molecular weight excluding hydrogens is 226 g/mol. The highest BCUT2D eigenvalue weighted by Gasteiger charge is 2.56. The molecule has 0 atom stereocenters.